The van der Waals surface area contributed by atoms with Crippen molar-refractivity contribution in [3.63, 3.8) is 0 Å². The van der Waals surface area contributed by atoms with E-state index in [-0.39, 0.29) is 19.2 Å². The summed E-state index contributed by atoms with van der Waals surface area (Å²) in [6, 6.07) is 0. The number of esters is 1. The number of aliphatic hydroxyl groups excluding tert-OH is 1. The first-order valence-corrected chi connectivity index (χ1v) is 4.76. The fourth-order valence-electron chi connectivity index (χ4n) is 0.772. The molecule has 0 amide bonds. The largest absolute Gasteiger partial charge is 0.463 e. The summed E-state index contributed by atoms with van der Waals surface area (Å²) in [5.41, 5.74) is 0. The standard InChI is InChI=1S/C9H19NO5/c1-4-9(12)14-5-8(11)6-15-10(2)7-13-3/h8,11H,4-7H2,1-3H3. The summed E-state index contributed by atoms with van der Waals surface area (Å²) < 4.78 is 9.51. The molecule has 0 rings (SSSR count). The van der Waals surface area contributed by atoms with E-state index in [2.05, 4.69) is 0 Å². The molecule has 0 aliphatic heterocycles. The Morgan fingerprint density at radius 3 is 2.67 bits per heavy atom. The number of carbonyl (C=O) groups is 1. The molecule has 0 aromatic rings. The molecule has 0 heterocycles. The lowest BCUT2D eigenvalue weighted by Crippen LogP contribution is -2.30. The van der Waals surface area contributed by atoms with Crippen LogP contribution in [0.2, 0.25) is 0 Å². The van der Waals surface area contributed by atoms with Crippen molar-refractivity contribution in [3.05, 3.63) is 0 Å². The molecule has 0 aliphatic rings. The normalized spacial score (nSPS) is 12.9. The number of methoxy groups -OCH3 is 1. The van der Waals surface area contributed by atoms with Gasteiger partial charge < -0.3 is 14.6 Å². The number of aliphatic hydroxyl groups is 1. The Morgan fingerprint density at radius 2 is 2.13 bits per heavy atom. The number of carbonyl (C=O) groups excluding carboxylic acids is 1. The molecule has 0 saturated heterocycles. The van der Waals surface area contributed by atoms with Gasteiger partial charge in [-0.1, -0.05) is 6.92 Å². The maximum Gasteiger partial charge on any atom is 0.305 e. The summed E-state index contributed by atoms with van der Waals surface area (Å²) in [5, 5.41) is 10.8. The average Bonchev–Trinajstić information content (AvgIpc) is 2.23. The lowest BCUT2D eigenvalue weighted by molar-refractivity contribution is -0.204. The van der Waals surface area contributed by atoms with Gasteiger partial charge in [-0.15, -0.1) is 0 Å². The first kappa shape index (κ1) is 14.3. The van der Waals surface area contributed by atoms with E-state index in [1.165, 1.54) is 5.06 Å². The summed E-state index contributed by atoms with van der Waals surface area (Å²) in [5.74, 6) is -0.334. The molecule has 0 fully saturated rings. The van der Waals surface area contributed by atoms with Crippen LogP contribution in [-0.4, -0.2) is 56.3 Å². The average molecular weight is 221 g/mol. The highest BCUT2D eigenvalue weighted by molar-refractivity contribution is 5.68. The number of hydrogen-bond donors (Lipinski definition) is 1. The van der Waals surface area contributed by atoms with Crippen LogP contribution in [0.15, 0.2) is 0 Å². The smallest absolute Gasteiger partial charge is 0.305 e. The molecule has 1 atom stereocenters. The Bertz CT molecular complexity index is 176. The molecule has 90 valence electrons. The van der Waals surface area contributed by atoms with Crippen LogP contribution in [0.25, 0.3) is 0 Å². The van der Waals surface area contributed by atoms with Gasteiger partial charge in [-0.05, 0) is 0 Å². The van der Waals surface area contributed by atoms with Crippen molar-refractivity contribution >= 4 is 5.97 Å². The number of hydroxylamine groups is 2. The predicted molar refractivity (Wildman–Crippen MR) is 52.8 cm³/mol. The zero-order valence-corrected chi connectivity index (χ0v) is 9.43. The number of hydrogen-bond acceptors (Lipinski definition) is 6. The van der Waals surface area contributed by atoms with Gasteiger partial charge in [0.25, 0.3) is 0 Å². The molecule has 0 spiro atoms. The zero-order chi connectivity index (χ0) is 11.7. The van der Waals surface area contributed by atoms with Crippen molar-refractivity contribution < 1.29 is 24.2 Å². The van der Waals surface area contributed by atoms with E-state index in [1.807, 2.05) is 0 Å². The third-order valence-corrected chi connectivity index (χ3v) is 1.52. The highest BCUT2D eigenvalue weighted by Gasteiger charge is 2.09. The van der Waals surface area contributed by atoms with E-state index in [4.69, 9.17) is 14.3 Å². The van der Waals surface area contributed by atoms with Crippen LogP contribution < -0.4 is 0 Å². The SMILES string of the molecule is CCC(=O)OCC(O)CON(C)COC. The van der Waals surface area contributed by atoms with E-state index >= 15 is 0 Å². The molecule has 6 nitrogen and oxygen atoms in total. The summed E-state index contributed by atoms with van der Waals surface area (Å²) in [6.45, 7) is 2.02. The Hall–Kier alpha value is -0.690. The Labute approximate surface area is 89.7 Å². The minimum Gasteiger partial charge on any atom is -0.463 e. The third kappa shape index (κ3) is 8.31. The lowest BCUT2D eigenvalue weighted by atomic mass is 10.4. The zero-order valence-electron chi connectivity index (χ0n) is 9.43. The molecule has 1 N–H and O–H groups in total. The molecule has 0 radical (unpaired) electrons. The summed E-state index contributed by atoms with van der Waals surface area (Å²) >= 11 is 0. The van der Waals surface area contributed by atoms with E-state index in [0.717, 1.165) is 0 Å². The first-order valence-electron chi connectivity index (χ1n) is 4.76. The van der Waals surface area contributed by atoms with Crippen molar-refractivity contribution in [1.82, 2.24) is 5.06 Å². The molecule has 0 aromatic heterocycles. The Morgan fingerprint density at radius 1 is 1.47 bits per heavy atom. The van der Waals surface area contributed by atoms with Gasteiger partial charge in [0, 0.05) is 20.6 Å². The molecular formula is C9H19NO5. The maximum atomic E-state index is 10.8. The highest BCUT2D eigenvalue weighted by Crippen LogP contribution is 1.93. The van der Waals surface area contributed by atoms with Gasteiger partial charge in [0.2, 0.25) is 0 Å². The van der Waals surface area contributed by atoms with E-state index in [1.54, 1.807) is 21.1 Å². The molecular weight excluding hydrogens is 202 g/mol. The van der Waals surface area contributed by atoms with Gasteiger partial charge in [-0.2, -0.15) is 5.06 Å². The molecule has 0 bridgehead atoms. The van der Waals surface area contributed by atoms with Crippen LogP contribution in [-0.2, 0) is 19.1 Å². The van der Waals surface area contributed by atoms with Crippen molar-refractivity contribution in [2.75, 3.05) is 34.1 Å². The third-order valence-electron chi connectivity index (χ3n) is 1.52. The van der Waals surface area contributed by atoms with Crippen LogP contribution in [0.5, 0.6) is 0 Å². The number of rotatable bonds is 8. The first-order chi connectivity index (χ1) is 7.10. The van der Waals surface area contributed by atoms with Crippen LogP contribution in [0, 0.1) is 0 Å². The predicted octanol–water partition coefficient (Wildman–Crippen LogP) is -0.232. The molecule has 0 aromatic carbocycles. The quantitative estimate of drug-likeness (QED) is 0.347. The fraction of sp³-hybridized carbons (Fsp3) is 0.889. The Kier molecular flexibility index (Phi) is 8.21. The Balaban J connectivity index is 3.48. The van der Waals surface area contributed by atoms with Gasteiger partial charge in [0.15, 0.2) is 0 Å². The van der Waals surface area contributed by atoms with Crippen molar-refractivity contribution in [1.29, 1.82) is 0 Å². The van der Waals surface area contributed by atoms with Gasteiger partial charge in [-0.25, -0.2) is 0 Å². The van der Waals surface area contributed by atoms with E-state index < -0.39 is 6.10 Å². The van der Waals surface area contributed by atoms with Crippen LogP contribution in [0.4, 0.5) is 0 Å². The maximum absolute atomic E-state index is 10.8. The van der Waals surface area contributed by atoms with Crippen molar-refractivity contribution in [2.24, 2.45) is 0 Å². The summed E-state index contributed by atoms with van der Waals surface area (Å²) in [7, 11) is 3.22. The minimum absolute atomic E-state index is 0.0481. The second-order valence-corrected chi connectivity index (χ2v) is 3.03. The molecule has 1 unspecified atom stereocenters. The lowest BCUT2D eigenvalue weighted by Gasteiger charge is -2.17. The van der Waals surface area contributed by atoms with Gasteiger partial charge in [0.05, 0.1) is 6.61 Å². The minimum atomic E-state index is -0.820. The van der Waals surface area contributed by atoms with Gasteiger partial charge in [0.1, 0.15) is 19.4 Å². The second kappa shape index (κ2) is 8.60. The van der Waals surface area contributed by atoms with Crippen molar-refractivity contribution in [2.45, 2.75) is 19.4 Å². The van der Waals surface area contributed by atoms with E-state index in [0.29, 0.717) is 13.2 Å². The van der Waals surface area contributed by atoms with Crippen molar-refractivity contribution in [3.8, 4) is 0 Å². The van der Waals surface area contributed by atoms with E-state index in [9.17, 15) is 9.90 Å². The van der Waals surface area contributed by atoms with Gasteiger partial charge in [-0.3, -0.25) is 9.63 Å². The summed E-state index contributed by atoms with van der Waals surface area (Å²) in [6.07, 6.45) is -0.517. The number of ether oxygens (including phenoxy) is 2. The molecule has 0 aliphatic carbocycles. The highest BCUT2D eigenvalue weighted by atomic mass is 16.7. The van der Waals surface area contributed by atoms with Gasteiger partial charge >= 0.3 is 5.97 Å². The van der Waals surface area contributed by atoms with Crippen LogP contribution in [0.1, 0.15) is 13.3 Å². The van der Waals surface area contributed by atoms with Crippen LogP contribution >= 0.6 is 0 Å². The number of nitrogens with zero attached hydrogens (tertiary/aromatic N) is 1. The topological polar surface area (TPSA) is 68.2 Å². The molecule has 6 heteroatoms. The summed E-state index contributed by atoms with van der Waals surface area (Å²) in [4.78, 5) is 15.8. The fourth-order valence-corrected chi connectivity index (χ4v) is 0.772. The monoisotopic (exact) mass is 221 g/mol. The molecule has 0 saturated carbocycles. The molecule has 15 heavy (non-hydrogen) atoms. The van der Waals surface area contributed by atoms with Crippen LogP contribution in [0.3, 0.4) is 0 Å². The second-order valence-electron chi connectivity index (χ2n) is 3.03.